The highest BCUT2D eigenvalue weighted by atomic mass is 79.9. The van der Waals surface area contributed by atoms with Crippen LogP contribution in [0.25, 0.3) is 0 Å². The van der Waals surface area contributed by atoms with Gasteiger partial charge in [0.25, 0.3) is 0 Å². The van der Waals surface area contributed by atoms with Gasteiger partial charge in [-0.05, 0) is 40.5 Å². The fraction of sp³-hybridized carbons (Fsp3) is 0.167. The number of rotatable bonds is 3. The van der Waals surface area contributed by atoms with Crippen LogP contribution >= 0.6 is 15.9 Å². The van der Waals surface area contributed by atoms with Gasteiger partial charge >= 0.3 is 0 Å². The molecule has 0 bridgehead atoms. The number of nitrogens with zero attached hydrogens (tertiary/aromatic N) is 1. The van der Waals surface area contributed by atoms with E-state index in [2.05, 4.69) is 30.9 Å². The summed E-state index contributed by atoms with van der Waals surface area (Å²) in [6.45, 7) is 1.99. The Morgan fingerprint density at radius 2 is 2.29 bits per heavy atom. The quantitative estimate of drug-likeness (QED) is 0.947. The van der Waals surface area contributed by atoms with Gasteiger partial charge in [0.2, 0.25) is 5.91 Å². The fourth-order valence-electron chi connectivity index (χ4n) is 1.41. The van der Waals surface area contributed by atoms with Crippen molar-refractivity contribution < 1.29 is 9.32 Å². The summed E-state index contributed by atoms with van der Waals surface area (Å²) in [6.07, 6.45) is 1.65. The van der Waals surface area contributed by atoms with E-state index in [0.29, 0.717) is 5.69 Å². The minimum atomic E-state index is -0.122. The summed E-state index contributed by atoms with van der Waals surface area (Å²) < 4.78 is 5.53. The summed E-state index contributed by atoms with van der Waals surface area (Å²) in [5.41, 5.74) is 2.50. The van der Waals surface area contributed by atoms with Crippen molar-refractivity contribution in [2.24, 2.45) is 0 Å². The zero-order valence-corrected chi connectivity index (χ0v) is 10.8. The van der Waals surface area contributed by atoms with Crippen LogP contribution in [-0.2, 0) is 11.2 Å². The number of nitrogens with one attached hydrogen (secondary N) is 1. The molecule has 5 heteroatoms. The molecule has 2 aromatic rings. The minimum Gasteiger partial charge on any atom is -0.364 e. The van der Waals surface area contributed by atoms with Gasteiger partial charge in [0.15, 0.2) is 0 Å². The molecule has 1 N–H and O–H groups in total. The summed E-state index contributed by atoms with van der Waals surface area (Å²) in [5, 5.41) is 6.50. The van der Waals surface area contributed by atoms with Gasteiger partial charge in [0.05, 0.1) is 17.8 Å². The lowest BCUT2D eigenvalue weighted by molar-refractivity contribution is -0.115. The zero-order valence-electron chi connectivity index (χ0n) is 9.24. The van der Waals surface area contributed by atoms with Crippen molar-refractivity contribution in [2.45, 2.75) is 13.3 Å². The van der Waals surface area contributed by atoms with E-state index in [4.69, 9.17) is 0 Å². The molecule has 0 unspecified atom stereocenters. The lowest BCUT2D eigenvalue weighted by Crippen LogP contribution is -2.14. The monoisotopic (exact) mass is 294 g/mol. The van der Waals surface area contributed by atoms with E-state index in [-0.39, 0.29) is 12.3 Å². The van der Waals surface area contributed by atoms with Crippen LogP contribution in [0, 0.1) is 6.92 Å². The largest absolute Gasteiger partial charge is 0.364 e. The predicted octanol–water partition coefficient (Wildman–Crippen LogP) is 2.93. The molecule has 1 amide bonds. The van der Waals surface area contributed by atoms with E-state index < -0.39 is 0 Å². The molecule has 0 saturated carbocycles. The van der Waals surface area contributed by atoms with Crippen LogP contribution in [0.3, 0.4) is 0 Å². The second kappa shape index (κ2) is 5.14. The van der Waals surface area contributed by atoms with Crippen molar-refractivity contribution in [1.29, 1.82) is 0 Å². The molecule has 1 aromatic carbocycles. The molecule has 1 heterocycles. The Morgan fingerprint density at radius 1 is 1.47 bits per heavy atom. The Balaban J connectivity index is 2.03. The SMILES string of the molecule is Cc1ccc(NC(=O)Cc2ccon2)c(Br)c1. The third kappa shape index (κ3) is 3.17. The van der Waals surface area contributed by atoms with Crippen molar-refractivity contribution in [2.75, 3.05) is 5.32 Å². The molecule has 88 valence electrons. The topological polar surface area (TPSA) is 55.1 Å². The Labute approximate surface area is 107 Å². The summed E-state index contributed by atoms with van der Waals surface area (Å²) in [6, 6.07) is 7.42. The van der Waals surface area contributed by atoms with Gasteiger partial charge in [-0.1, -0.05) is 11.2 Å². The Bertz CT molecular complexity index is 523. The van der Waals surface area contributed by atoms with Crippen molar-refractivity contribution in [3.8, 4) is 0 Å². The molecule has 0 aliphatic carbocycles. The first-order valence-electron chi connectivity index (χ1n) is 5.10. The number of aryl methyl sites for hydroxylation is 1. The molecule has 0 atom stereocenters. The molecule has 1 aromatic heterocycles. The first-order chi connectivity index (χ1) is 8.15. The average molecular weight is 295 g/mol. The molecular weight excluding hydrogens is 284 g/mol. The van der Waals surface area contributed by atoms with E-state index in [1.165, 1.54) is 6.26 Å². The maximum atomic E-state index is 11.7. The fourth-order valence-corrected chi connectivity index (χ4v) is 2.00. The van der Waals surface area contributed by atoms with Crippen molar-refractivity contribution in [1.82, 2.24) is 5.16 Å². The van der Waals surface area contributed by atoms with E-state index in [1.54, 1.807) is 6.07 Å². The molecule has 0 aliphatic rings. The lowest BCUT2D eigenvalue weighted by Gasteiger charge is -2.07. The van der Waals surface area contributed by atoms with Crippen LogP contribution in [-0.4, -0.2) is 11.1 Å². The molecule has 17 heavy (non-hydrogen) atoms. The third-order valence-corrected chi connectivity index (χ3v) is 2.89. The first kappa shape index (κ1) is 11.9. The number of halogens is 1. The molecule has 2 rings (SSSR count). The van der Waals surface area contributed by atoms with Crippen molar-refractivity contribution in [3.05, 3.63) is 46.3 Å². The van der Waals surface area contributed by atoms with Crippen LogP contribution in [0.4, 0.5) is 5.69 Å². The van der Waals surface area contributed by atoms with Crippen LogP contribution in [0.5, 0.6) is 0 Å². The van der Waals surface area contributed by atoms with Gasteiger partial charge < -0.3 is 9.84 Å². The number of carbonyl (C=O) groups is 1. The minimum absolute atomic E-state index is 0.122. The summed E-state index contributed by atoms with van der Waals surface area (Å²) >= 11 is 3.40. The maximum absolute atomic E-state index is 11.7. The Morgan fingerprint density at radius 3 is 2.94 bits per heavy atom. The van der Waals surface area contributed by atoms with E-state index >= 15 is 0 Å². The van der Waals surface area contributed by atoms with Gasteiger partial charge in [-0.15, -0.1) is 0 Å². The second-order valence-electron chi connectivity index (χ2n) is 3.70. The zero-order chi connectivity index (χ0) is 12.3. The van der Waals surface area contributed by atoms with Crippen LogP contribution in [0.2, 0.25) is 0 Å². The lowest BCUT2D eigenvalue weighted by atomic mass is 10.2. The van der Waals surface area contributed by atoms with Gasteiger partial charge in [-0.25, -0.2) is 0 Å². The van der Waals surface area contributed by atoms with Crippen LogP contribution in [0.1, 0.15) is 11.3 Å². The summed E-state index contributed by atoms with van der Waals surface area (Å²) in [5.74, 6) is -0.122. The van der Waals surface area contributed by atoms with Gasteiger partial charge in [-0.3, -0.25) is 4.79 Å². The summed E-state index contributed by atoms with van der Waals surface area (Å²) in [7, 11) is 0. The van der Waals surface area contributed by atoms with E-state index in [1.807, 2.05) is 25.1 Å². The van der Waals surface area contributed by atoms with E-state index in [9.17, 15) is 4.79 Å². The maximum Gasteiger partial charge on any atom is 0.230 e. The van der Waals surface area contributed by atoms with Gasteiger partial charge in [0, 0.05) is 10.5 Å². The van der Waals surface area contributed by atoms with Gasteiger partial charge in [-0.2, -0.15) is 0 Å². The molecule has 0 aliphatic heterocycles. The third-order valence-electron chi connectivity index (χ3n) is 2.23. The highest BCUT2D eigenvalue weighted by Crippen LogP contribution is 2.23. The van der Waals surface area contributed by atoms with Crippen molar-refractivity contribution >= 4 is 27.5 Å². The van der Waals surface area contributed by atoms with Crippen molar-refractivity contribution in [3.63, 3.8) is 0 Å². The number of hydrogen-bond donors (Lipinski definition) is 1. The van der Waals surface area contributed by atoms with Gasteiger partial charge in [0.1, 0.15) is 6.26 Å². The molecule has 4 nitrogen and oxygen atoms in total. The molecule has 0 fully saturated rings. The highest BCUT2D eigenvalue weighted by Gasteiger charge is 2.08. The molecule has 0 radical (unpaired) electrons. The number of anilines is 1. The summed E-state index contributed by atoms with van der Waals surface area (Å²) in [4.78, 5) is 11.7. The number of aromatic nitrogens is 1. The average Bonchev–Trinajstić information content (AvgIpc) is 2.75. The van der Waals surface area contributed by atoms with Crippen LogP contribution in [0.15, 0.2) is 39.5 Å². The number of hydrogen-bond acceptors (Lipinski definition) is 3. The molecular formula is C12H11BrN2O2. The predicted molar refractivity (Wildman–Crippen MR) is 67.7 cm³/mol. The smallest absolute Gasteiger partial charge is 0.230 e. The van der Waals surface area contributed by atoms with Crippen LogP contribution < -0.4 is 5.32 Å². The molecule has 0 spiro atoms. The number of carbonyl (C=O) groups excluding carboxylic acids is 1. The number of amides is 1. The standard InChI is InChI=1S/C12H11BrN2O2/c1-8-2-3-11(10(13)6-8)14-12(16)7-9-4-5-17-15-9/h2-6H,7H2,1H3,(H,14,16). The second-order valence-corrected chi connectivity index (χ2v) is 4.55. The highest BCUT2D eigenvalue weighted by molar-refractivity contribution is 9.10. The Hall–Kier alpha value is -1.62. The normalized spacial score (nSPS) is 10.2. The first-order valence-corrected chi connectivity index (χ1v) is 5.90. The van der Waals surface area contributed by atoms with E-state index in [0.717, 1.165) is 15.7 Å². The number of benzene rings is 1. The molecule has 0 saturated heterocycles. The Kier molecular flexibility index (Phi) is 3.58.